The van der Waals surface area contributed by atoms with Gasteiger partial charge < -0.3 is 9.47 Å². The van der Waals surface area contributed by atoms with Crippen LogP contribution in [0.2, 0.25) is 0 Å². The third kappa shape index (κ3) is 3.88. The van der Waals surface area contributed by atoms with Crippen molar-refractivity contribution in [2.24, 2.45) is 5.10 Å². The average Bonchev–Trinajstić information content (AvgIpc) is 2.99. The number of hydrogen-bond donors (Lipinski definition) is 1. The molecule has 1 heterocycles. The Morgan fingerprint density at radius 2 is 1.88 bits per heavy atom. The number of hydrogen-bond acceptors (Lipinski definition) is 5. The van der Waals surface area contributed by atoms with E-state index < -0.39 is 0 Å². The smallest absolute Gasteiger partial charge is 0.216 e. The lowest BCUT2D eigenvalue weighted by Gasteiger charge is -2.05. The van der Waals surface area contributed by atoms with E-state index in [0.29, 0.717) is 10.6 Å². The quantitative estimate of drug-likeness (QED) is 0.552. The Hall–Kier alpha value is -2.93. The number of ether oxygens (including phenoxy) is 2. The maximum atomic E-state index is 5.69. The fourth-order valence-electron chi connectivity index (χ4n) is 2.02. The van der Waals surface area contributed by atoms with E-state index in [9.17, 15) is 0 Å². The third-order valence-corrected chi connectivity index (χ3v) is 3.53. The second kappa shape index (κ2) is 7.56. The molecule has 122 valence electrons. The lowest BCUT2D eigenvalue weighted by atomic mass is 10.2. The largest absolute Gasteiger partial charge is 0.497 e. The normalized spacial score (nSPS) is 10.9. The molecule has 7 heteroatoms. The van der Waals surface area contributed by atoms with Gasteiger partial charge in [0.1, 0.15) is 18.1 Å². The molecule has 1 aromatic heterocycles. The summed E-state index contributed by atoms with van der Waals surface area (Å²) in [4.78, 5) is 0. The molecule has 0 aliphatic carbocycles. The van der Waals surface area contributed by atoms with Gasteiger partial charge in [0.05, 0.1) is 13.3 Å². The molecule has 0 aliphatic heterocycles. The summed E-state index contributed by atoms with van der Waals surface area (Å²) in [5.74, 6) is 2.15. The number of methoxy groups -OCH3 is 1. The van der Waals surface area contributed by atoms with Crippen LogP contribution in [-0.2, 0) is 6.61 Å². The van der Waals surface area contributed by atoms with Crippen LogP contribution in [0.4, 0.5) is 0 Å². The Labute approximate surface area is 144 Å². The molecule has 2 aromatic carbocycles. The van der Waals surface area contributed by atoms with Crippen LogP contribution in [0.1, 0.15) is 11.4 Å². The van der Waals surface area contributed by atoms with E-state index in [1.54, 1.807) is 18.0 Å². The van der Waals surface area contributed by atoms with Crippen LogP contribution >= 0.6 is 12.2 Å². The summed E-state index contributed by atoms with van der Waals surface area (Å²) < 4.78 is 12.8. The number of nitrogens with zero attached hydrogens (tertiary/aromatic N) is 3. The fourth-order valence-corrected chi connectivity index (χ4v) is 2.21. The Kier molecular flexibility index (Phi) is 5.02. The number of aromatic amines is 1. The zero-order chi connectivity index (χ0) is 16.8. The van der Waals surface area contributed by atoms with Gasteiger partial charge in [0.15, 0.2) is 5.82 Å². The van der Waals surface area contributed by atoms with Crippen molar-refractivity contribution in [1.82, 2.24) is 14.9 Å². The van der Waals surface area contributed by atoms with Gasteiger partial charge in [0.2, 0.25) is 4.77 Å². The second-order valence-electron chi connectivity index (χ2n) is 4.88. The van der Waals surface area contributed by atoms with Gasteiger partial charge >= 0.3 is 0 Å². The second-order valence-corrected chi connectivity index (χ2v) is 5.26. The summed E-state index contributed by atoms with van der Waals surface area (Å²) in [7, 11) is 1.63. The number of para-hydroxylation sites is 1. The lowest BCUT2D eigenvalue weighted by molar-refractivity contribution is 0.290. The molecule has 24 heavy (non-hydrogen) atoms. The van der Waals surface area contributed by atoms with Crippen LogP contribution in [-0.4, -0.2) is 28.2 Å². The van der Waals surface area contributed by atoms with Gasteiger partial charge in [-0.25, -0.2) is 5.10 Å². The van der Waals surface area contributed by atoms with E-state index >= 15 is 0 Å². The molecule has 0 fully saturated rings. The topological polar surface area (TPSA) is 64.4 Å². The van der Waals surface area contributed by atoms with Gasteiger partial charge in [0.25, 0.3) is 0 Å². The van der Waals surface area contributed by atoms with Crippen molar-refractivity contribution in [2.45, 2.75) is 6.61 Å². The fraction of sp³-hybridized carbons (Fsp3) is 0.118. The molecule has 0 unspecified atom stereocenters. The van der Waals surface area contributed by atoms with Crippen molar-refractivity contribution in [1.29, 1.82) is 0 Å². The summed E-state index contributed by atoms with van der Waals surface area (Å²) >= 11 is 5.21. The molecule has 0 spiro atoms. The number of rotatable bonds is 6. The average molecular weight is 340 g/mol. The van der Waals surface area contributed by atoms with E-state index in [0.717, 1.165) is 17.1 Å². The van der Waals surface area contributed by atoms with Gasteiger partial charge in [-0.15, -0.1) is 0 Å². The van der Waals surface area contributed by atoms with Gasteiger partial charge in [0, 0.05) is 0 Å². The number of nitrogens with one attached hydrogen (secondary N) is 1. The first-order valence-corrected chi connectivity index (χ1v) is 7.69. The highest BCUT2D eigenvalue weighted by molar-refractivity contribution is 7.71. The van der Waals surface area contributed by atoms with Crippen molar-refractivity contribution < 1.29 is 9.47 Å². The molecule has 0 aliphatic rings. The first-order chi connectivity index (χ1) is 11.8. The van der Waals surface area contributed by atoms with Gasteiger partial charge in [-0.05, 0) is 54.2 Å². The Balaban J connectivity index is 1.74. The molecule has 0 atom stereocenters. The minimum Gasteiger partial charge on any atom is -0.497 e. The predicted molar refractivity (Wildman–Crippen MR) is 94.2 cm³/mol. The van der Waals surface area contributed by atoms with Crippen molar-refractivity contribution in [3.8, 4) is 11.5 Å². The zero-order valence-corrected chi connectivity index (χ0v) is 13.9. The summed E-state index contributed by atoms with van der Waals surface area (Å²) in [5, 5.41) is 11.3. The molecule has 6 nitrogen and oxygen atoms in total. The van der Waals surface area contributed by atoms with Crippen LogP contribution in [0.25, 0.3) is 0 Å². The molecule has 0 saturated heterocycles. The van der Waals surface area contributed by atoms with E-state index in [4.69, 9.17) is 21.7 Å². The van der Waals surface area contributed by atoms with Crippen LogP contribution in [0.15, 0.2) is 59.7 Å². The lowest BCUT2D eigenvalue weighted by Crippen LogP contribution is -2.04. The minimum atomic E-state index is 0.261. The Bertz CT molecular complexity index is 870. The standard InChI is InChI=1S/C17H16N4O2S/c1-22-14-9-7-13(8-10-14)11-18-21-16(19-20-17(21)24)12-23-15-5-3-2-4-6-15/h2-11H,12H2,1H3,(H,20,24). The SMILES string of the molecule is COc1ccc(C=Nn2c(COc3ccccc3)n[nH]c2=S)cc1. The third-order valence-electron chi connectivity index (χ3n) is 3.27. The van der Waals surface area contributed by atoms with Crippen LogP contribution in [0, 0.1) is 4.77 Å². The maximum Gasteiger partial charge on any atom is 0.216 e. The van der Waals surface area contributed by atoms with Crippen molar-refractivity contribution >= 4 is 18.4 Å². The van der Waals surface area contributed by atoms with Crippen LogP contribution in [0.3, 0.4) is 0 Å². The molecular weight excluding hydrogens is 324 g/mol. The molecule has 1 N–H and O–H groups in total. The zero-order valence-electron chi connectivity index (χ0n) is 13.0. The number of benzene rings is 2. The maximum absolute atomic E-state index is 5.69. The van der Waals surface area contributed by atoms with Crippen molar-refractivity contribution in [3.63, 3.8) is 0 Å². The van der Waals surface area contributed by atoms with E-state index in [1.807, 2.05) is 54.6 Å². The summed E-state index contributed by atoms with van der Waals surface area (Å²) in [6.07, 6.45) is 1.71. The molecule has 0 radical (unpaired) electrons. The summed E-state index contributed by atoms with van der Waals surface area (Å²) in [6, 6.07) is 17.1. The van der Waals surface area contributed by atoms with Crippen LogP contribution < -0.4 is 9.47 Å². The van der Waals surface area contributed by atoms with Gasteiger partial charge in [-0.3, -0.25) is 0 Å². The minimum absolute atomic E-state index is 0.261. The first-order valence-electron chi connectivity index (χ1n) is 7.29. The van der Waals surface area contributed by atoms with E-state index in [2.05, 4.69) is 15.3 Å². The summed E-state index contributed by atoms with van der Waals surface area (Å²) in [5.41, 5.74) is 0.925. The summed E-state index contributed by atoms with van der Waals surface area (Å²) in [6.45, 7) is 0.261. The highest BCUT2D eigenvalue weighted by Gasteiger charge is 2.06. The molecule has 3 rings (SSSR count). The highest BCUT2D eigenvalue weighted by atomic mass is 32.1. The Morgan fingerprint density at radius 1 is 1.12 bits per heavy atom. The van der Waals surface area contributed by atoms with E-state index in [-0.39, 0.29) is 6.61 Å². The highest BCUT2D eigenvalue weighted by Crippen LogP contribution is 2.12. The number of H-pyrrole nitrogens is 1. The van der Waals surface area contributed by atoms with Gasteiger partial charge in [-0.2, -0.15) is 14.9 Å². The molecule has 3 aromatic rings. The molecule has 0 saturated carbocycles. The van der Waals surface area contributed by atoms with E-state index in [1.165, 1.54) is 0 Å². The molecule has 0 bridgehead atoms. The predicted octanol–water partition coefficient (Wildman–Crippen LogP) is 3.41. The van der Waals surface area contributed by atoms with Crippen LogP contribution in [0.5, 0.6) is 11.5 Å². The number of aromatic nitrogens is 3. The Morgan fingerprint density at radius 3 is 2.58 bits per heavy atom. The molecule has 0 amide bonds. The van der Waals surface area contributed by atoms with Crippen molar-refractivity contribution in [3.05, 3.63) is 70.8 Å². The monoisotopic (exact) mass is 340 g/mol. The first kappa shape index (κ1) is 15.9. The molecular formula is C17H16N4O2S. The van der Waals surface area contributed by atoms with Crippen molar-refractivity contribution in [2.75, 3.05) is 7.11 Å². The van der Waals surface area contributed by atoms with Gasteiger partial charge in [-0.1, -0.05) is 18.2 Å².